The molecule has 0 bridgehead atoms. The number of hydrogen-bond acceptors (Lipinski definition) is 6. The zero-order valence-electron chi connectivity index (χ0n) is 14.4. The molecule has 0 aromatic carbocycles. The summed E-state index contributed by atoms with van der Waals surface area (Å²) >= 11 is 0. The molecule has 1 amide bonds. The number of aromatic nitrogens is 3. The van der Waals surface area contributed by atoms with Gasteiger partial charge in [0.2, 0.25) is 11.8 Å². The third kappa shape index (κ3) is 4.04. The van der Waals surface area contributed by atoms with Gasteiger partial charge < -0.3 is 15.0 Å². The molecule has 1 N–H and O–H groups in total. The second-order valence-corrected chi connectivity index (χ2v) is 6.09. The molecule has 0 saturated carbocycles. The third-order valence-electron chi connectivity index (χ3n) is 4.25. The Labute approximate surface area is 149 Å². The van der Waals surface area contributed by atoms with Gasteiger partial charge >= 0.3 is 6.61 Å². The molecule has 0 unspecified atom stereocenters. The van der Waals surface area contributed by atoms with Crippen LogP contribution in [-0.4, -0.2) is 51.0 Å². The summed E-state index contributed by atoms with van der Waals surface area (Å²) in [5, 5.41) is 3.07. The van der Waals surface area contributed by atoms with Crippen LogP contribution in [0.2, 0.25) is 0 Å². The van der Waals surface area contributed by atoms with E-state index in [4.69, 9.17) is 0 Å². The number of nitrogens with one attached hydrogen (secondary N) is 1. The minimum absolute atomic E-state index is 0.0269. The standard InChI is InChI=1S/C17H19F2N5O2/c1-10-5-6-24(10)16(25)11(2)23-14-7-13(21-9-22-14)12-3-4-15(20-8-12)26-17(18)19/h3-4,7-11,17H,5-6H2,1-2H3,(H,21,22,23)/t10-,11+/m0/s1. The fraction of sp³-hybridized carbons (Fsp3) is 0.412. The van der Waals surface area contributed by atoms with Crippen molar-refractivity contribution in [2.75, 3.05) is 11.9 Å². The summed E-state index contributed by atoms with van der Waals surface area (Å²) in [4.78, 5) is 26.3. The molecule has 0 aliphatic carbocycles. The average molecular weight is 363 g/mol. The number of hydrogen-bond donors (Lipinski definition) is 1. The lowest BCUT2D eigenvalue weighted by Crippen LogP contribution is -2.53. The van der Waals surface area contributed by atoms with E-state index in [1.165, 1.54) is 18.6 Å². The SMILES string of the molecule is C[C@@H](Nc1cc(-c2ccc(OC(F)F)nc2)ncn1)C(=O)N1CC[C@@H]1C. The van der Waals surface area contributed by atoms with E-state index in [1.807, 2.05) is 11.8 Å². The van der Waals surface area contributed by atoms with Gasteiger partial charge in [0.05, 0.1) is 5.69 Å². The second kappa shape index (κ2) is 7.59. The first-order chi connectivity index (χ1) is 12.4. The van der Waals surface area contributed by atoms with Crippen molar-refractivity contribution in [1.82, 2.24) is 19.9 Å². The van der Waals surface area contributed by atoms with Crippen LogP contribution in [0.4, 0.5) is 14.6 Å². The maximum absolute atomic E-state index is 12.4. The quantitative estimate of drug-likeness (QED) is 0.850. The normalized spacial score (nSPS) is 17.6. The van der Waals surface area contributed by atoms with E-state index >= 15 is 0 Å². The number of amides is 1. The van der Waals surface area contributed by atoms with Crippen molar-refractivity contribution < 1.29 is 18.3 Å². The molecule has 3 rings (SSSR count). The molecule has 1 fully saturated rings. The van der Waals surface area contributed by atoms with E-state index in [0.29, 0.717) is 17.1 Å². The van der Waals surface area contributed by atoms with Crippen molar-refractivity contribution in [3.8, 4) is 17.1 Å². The van der Waals surface area contributed by atoms with Crippen LogP contribution in [-0.2, 0) is 4.79 Å². The molecule has 1 saturated heterocycles. The smallest absolute Gasteiger partial charge is 0.388 e. The van der Waals surface area contributed by atoms with Crippen LogP contribution < -0.4 is 10.1 Å². The van der Waals surface area contributed by atoms with Crippen LogP contribution in [0.25, 0.3) is 11.3 Å². The van der Waals surface area contributed by atoms with Gasteiger partial charge in [-0.3, -0.25) is 4.79 Å². The topological polar surface area (TPSA) is 80.2 Å². The largest absolute Gasteiger partial charge is 0.417 e. The van der Waals surface area contributed by atoms with Crippen molar-refractivity contribution in [3.63, 3.8) is 0 Å². The number of likely N-dealkylation sites (tertiary alicyclic amines) is 1. The Bertz CT molecular complexity index is 772. The molecule has 9 heteroatoms. The third-order valence-corrected chi connectivity index (χ3v) is 4.25. The van der Waals surface area contributed by atoms with Gasteiger partial charge in [-0.2, -0.15) is 8.78 Å². The average Bonchev–Trinajstić information content (AvgIpc) is 2.60. The molecule has 138 valence electrons. The Kier molecular flexibility index (Phi) is 5.24. The van der Waals surface area contributed by atoms with E-state index < -0.39 is 12.7 Å². The number of carbonyl (C=O) groups is 1. The minimum Gasteiger partial charge on any atom is -0.417 e. The van der Waals surface area contributed by atoms with Crippen LogP contribution in [0.15, 0.2) is 30.7 Å². The first-order valence-corrected chi connectivity index (χ1v) is 8.24. The van der Waals surface area contributed by atoms with Crippen molar-refractivity contribution in [2.24, 2.45) is 0 Å². The molecule has 7 nitrogen and oxygen atoms in total. The monoisotopic (exact) mass is 363 g/mol. The molecule has 26 heavy (non-hydrogen) atoms. The molecule has 0 spiro atoms. The maximum Gasteiger partial charge on any atom is 0.388 e. The molecule has 3 heterocycles. The Balaban J connectivity index is 1.68. The summed E-state index contributed by atoms with van der Waals surface area (Å²) in [6, 6.07) is 4.45. The van der Waals surface area contributed by atoms with Gasteiger partial charge in [-0.25, -0.2) is 15.0 Å². The zero-order valence-corrected chi connectivity index (χ0v) is 14.4. The lowest BCUT2D eigenvalue weighted by Gasteiger charge is -2.40. The Morgan fingerprint density at radius 2 is 2.15 bits per heavy atom. The summed E-state index contributed by atoms with van der Waals surface area (Å²) in [7, 11) is 0. The predicted octanol–water partition coefficient (Wildman–Crippen LogP) is 2.56. The van der Waals surface area contributed by atoms with Gasteiger partial charge in [-0.15, -0.1) is 0 Å². The summed E-state index contributed by atoms with van der Waals surface area (Å²) in [5.41, 5.74) is 1.17. The zero-order chi connectivity index (χ0) is 18.7. The van der Waals surface area contributed by atoms with Gasteiger partial charge in [-0.05, 0) is 26.3 Å². The second-order valence-electron chi connectivity index (χ2n) is 6.09. The number of ether oxygens (including phenoxy) is 1. The summed E-state index contributed by atoms with van der Waals surface area (Å²) < 4.78 is 28.6. The summed E-state index contributed by atoms with van der Waals surface area (Å²) in [5.74, 6) is 0.357. The Morgan fingerprint density at radius 1 is 1.35 bits per heavy atom. The van der Waals surface area contributed by atoms with Crippen LogP contribution >= 0.6 is 0 Å². The molecule has 0 radical (unpaired) electrons. The van der Waals surface area contributed by atoms with Crippen molar-refractivity contribution in [3.05, 3.63) is 30.7 Å². The molecule has 2 aromatic heterocycles. The van der Waals surface area contributed by atoms with E-state index in [1.54, 1.807) is 19.1 Å². The number of rotatable bonds is 6. The molecule has 1 aliphatic rings. The predicted molar refractivity (Wildman–Crippen MR) is 90.8 cm³/mol. The van der Waals surface area contributed by atoms with E-state index in [2.05, 4.69) is 25.0 Å². The highest BCUT2D eigenvalue weighted by Crippen LogP contribution is 2.22. The highest BCUT2D eigenvalue weighted by molar-refractivity contribution is 5.85. The molecular weight excluding hydrogens is 344 g/mol. The molecule has 2 aromatic rings. The first kappa shape index (κ1) is 18.0. The van der Waals surface area contributed by atoms with Crippen LogP contribution in [0.1, 0.15) is 20.3 Å². The molecular formula is C17H19F2N5O2. The van der Waals surface area contributed by atoms with E-state index in [9.17, 15) is 13.6 Å². The number of alkyl halides is 2. The number of carbonyl (C=O) groups excluding carboxylic acids is 1. The molecule has 1 aliphatic heterocycles. The number of anilines is 1. The summed E-state index contributed by atoms with van der Waals surface area (Å²) in [6.07, 6.45) is 3.78. The number of pyridine rings is 1. The maximum atomic E-state index is 12.4. The summed E-state index contributed by atoms with van der Waals surface area (Å²) in [6.45, 7) is 1.66. The van der Waals surface area contributed by atoms with Crippen molar-refractivity contribution in [2.45, 2.75) is 39.0 Å². The van der Waals surface area contributed by atoms with Gasteiger partial charge in [-0.1, -0.05) is 0 Å². The van der Waals surface area contributed by atoms with Crippen LogP contribution in [0, 0.1) is 0 Å². The van der Waals surface area contributed by atoms with Crippen molar-refractivity contribution in [1.29, 1.82) is 0 Å². The molecule has 2 atom stereocenters. The first-order valence-electron chi connectivity index (χ1n) is 8.24. The van der Waals surface area contributed by atoms with Gasteiger partial charge in [0, 0.05) is 36.5 Å². The highest BCUT2D eigenvalue weighted by atomic mass is 19.3. The lowest BCUT2D eigenvalue weighted by atomic mass is 10.0. The fourth-order valence-corrected chi connectivity index (χ4v) is 2.66. The van der Waals surface area contributed by atoms with E-state index in [0.717, 1.165) is 13.0 Å². The Hall–Kier alpha value is -2.84. The van der Waals surface area contributed by atoms with Crippen LogP contribution in [0.3, 0.4) is 0 Å². The number of halogens is 2. The highest BCUT2D eigenvalue weighted by Gasteiger charge is 2.31. The lowest BCUT2D eigenvalue weighted by molar-refractivity contribution is -0.138. The van der Waals surface area contributed by atoms with E-state index in [-0.39, 0.29) is 17.8 Å². The van der Waals surface area contributed by atoms with Crippen LogP contribution in [0.5, 0.6) is 5.88 Å². The Morgan fingerprint density at radius 3 is 2.73 bits per heavy atom. The minimum atomic E-state index is -2.92. The number of nitrogens with zero attached hydrogens (tertiary/aromatic N) is 4. The van der Waals surface area contributed by atoms with Gasteiger partial charge in [0.15, 0.2) is 0 Å². The van der Waals surface area contributed by atoms with Gasteiger partial charge in [0.1, 0.15) is 18.2 Å². The van der Waals surface area contributed by atoms with Gasteiger partial charge in [0.25, 0.3) is 0 Å². The fourth-order valence-electron chi connectivity index (χ4n) is 2.66. The van der Waals surface area contributed by atoms with Crippen molar-refractivity contribution >= 4 is 11.7 Å².